The first-order valence-corrected chi connectivity index (χ1v) is 7.17. The molecule has 0 unspecified atom stereocenters. The molecule has 0 heterocycles. The van der Waals surface area contributed by atoms with Crippen LogP contribution in [-0.4, -0.2) is 13.2 Å². The average Bonchev–Trinajstić information content (AvgIpc) is 2.43. The van der Waals surface area contributed by atoms with Gasteiger partial charge in [0.15, 0.2) is 0 Å². The van der Waals surface area contributed by atoms with Gasteiger partial charge in [0, 0.05) is 12.6 Å². The molecule has 2 aromatic rings. The quantitative estimate of drug-likeness (QED) is 0.885. The Labute approximate surface area is 126 Å². The molecule has 0 aliphatic rings. The van der Waals surface area contributed by atoms with Crippen LogP contribution < -0.4 is 10.1 Å². The van der Waals surface area contributed by atoms with Gasteiger partial charge in [-0.3, -0.25) is 0 Å². The molecule has 0 radical (unpaired) electrons. The summed E-state index contributed by atoms with van der Waals surface area (Å²) >= 11 is 0. The zero-order chi connectivity index (χ0) is 15.4. The Morgan fingerprint density at radius 1 is 1.14 bits per heavy atom. The van der Waals surface area contributed by atoms with E-state index in [1.54, 1.807) is 19.2 Å². The topological polar surface area (TPSA) is 21.3 Å². The molecule has 0 atom stereocenters. The van der Waals surface area contributed by atoms with Crippen molar-refractivity contribution in [3.05, 3.63) is 53.3 Å². The number of nitrogens with one attached hydrogen (secondary N) is 1. The number of hydrogen-bond acceptors (Lipinski definition) is 2. The molecule has 0 spiro atoms. The lowest BCUT2D eigenvalue weighted by molar-refractivity contribution is 0.414. The molecule has 0 fully saturated rings. The molecular formula is C18H22FNO. The van der Waals surface area contributed by atoms with E-state index in [1.807, 2.05) is 31.2 Å². The lowest BCUT2D eigenvalue weighted by atomic mass is 9.97. The van der Waals surface area contributed by atoms with E-state index in [1.165, 1.54) is 0 Å². The molecule has 112 valence electrons. The Bertz CT molecular complexity index is 602. The molecule has 0 aliphatic carbocycles. The van der Waals surface area contributed by atoms with E-state index in [9.17, 15) is 4.39 Å². The third-order valence-corrected chi connectivity index (χ3v) is 3.37. The molecule has 3 heteroatoms. The van der Waals surface area contributed by atoms with Gasteiger partial charge in [-0.25, -0.2) is 4.39 Å². The standard InChI is InChI=1S/C18H22FNO/c1-12(2)20-11-15-10-17(21-4)5-6-18(15)14-7-13(3)8-16(19)9-14/h5-10,12,20H,11H2,1-4H3. The predicted octanol–water partition coefficient (Wildman–Crippen LogP) is 4.31. The molecule has 2 aromatic carbocycles. The summed E-state index contributed by atoms with van der Waals surface area (Å²) in [6.45, 7) is 6.83. The van der Waals surface area contributed by atoms with Crippen LogP contribution in [0.15, 0.2) is 36.4 Å². The van der Waals surface area contributed by atoms with Crippen LogP contribution in [0, 0.1) is 12.7 Å². The Balaban J connectivity index is 2.45. The average molecular weight is 287 g/mol. The second-order valence-corrected chi connectivity index (χ2v) is 5.58. The number of rotatable bonds is 5. The van der Waals surface area contributed by atoms with Crippen molar-refractivity contribution in [1.82, 2.24) is 5.32 Å². The summed E-state index contributed by atoms with van der Waals surface area (Å²) in [5.41, 5.74) is 3.96. The Hall–Kier alpha value is -1.87. The van der Waals surface area contributed by atoms with Gasteiger partial charge < -0.3 is 10.1 Å². The highest BCUT2D eigenvalue weighted by Gasteiger charge is 2.09. The summed E-state index contributed by atoms with van der Waals surface area (Å²) in [4.78, 5) is 0. The summed E-state index contributed by atoms with van der Waals surface area (Å²) in [7, 11) is 1.65. The van der Waals surface area contributed by atoms with Gasteiger partial charge in [0.1, 0.15) is 11.6 Å². The second-order valence-electron chi connectivity index (χ2n) is 5.58. The molecule has 0 saturated carbocycles. The van der Waals surface area contributed by atoms with Crippen LogP contribution in [0.25, 0.3) is 11.1 Å². The zero-order valence-corrected chi connectivity index (χ0v) is 13.0. The zero-order valence-electron chi connectivity index (χ0n) is 13.0. The Morgan fingerprint density at radius 2 is 1.90 bits per heavy atom. The summed E-state index contributed by atoms with van der Waals surface area (Å²) in [6.07, 6.45) is 0. The van der Waals surface area contributed by atoms with Gasteiger partial charge in [0.05, 0.1) is 7.11 Å². The lowest BCUT2D eigenvalue weighted by Crippen LogP contribution is -2.22. The van der Waals surface area contributed by atoms with E-state index in [4.69, 9.17) is 4.74 Å². The van der Waals surface area contributed by atoms with Crippen LogP contribution in [0.4, 0.5) is 4.39 Å². The van der Waals surface area contributed by atoms with Gasteiger partial charge in [-0.15, -0.1) is 0 Å². The minimum atomic E-state index is -0.205. The maximum absolute atomic E-state index is 13.7. The van der Waals surface area contributed by atoms with Crippen molar-refractivity contribution in [3.8, 4) is 16.9 Å². The first-order chi connectivity index (χ1) is 9.99. The summed E-state index contributed by atoms with van der Waals surface area (Å²) in [5.74, 6) is 0.607. The van der Waals surface area contributed by atoms with Crippen LogP contribution in [0.3, 0.4) is 0 Å². The number of hydrogen-bond donors (Lipinski definition) is 1. The molecule has 0 bridgehead atoms. The highest BCUT2D eigenvalue weighted by molar-refractivity contribution is 5.69. The van der Waals surface area contributed by atoms with Crippen LogP contribution >= 0.6 is 0 Å². The predicted molar refractivity (Wildman–Crippen MR) is 85.1 cm³/mol. The summed E-state index contributed by atoms with van der Waals surface area (Å²) in [6, 6.07) is 11.4. The van der Waals surface area contributed by atoms with E-state index in [0.717, 1.165) is 34.5 Å². The van der Waals surface area contributed by atoms with Gasteiger partial charge in [-0.05, 0) is 53.4 Å². The monoisotopic (exact) mass is 287 g/mol. The van der Waals surface area contributed by atoms with Gasteiger partial charge >= 0.3 is 0 Å². The minimum Gasteiger partial charge on any atom is -0.497 e. The van der Waals surface area contributed by atoms with E-state index < -0.39 is 0 Å². The molecule has 0 saturated heterocycles. The molecule has 2 nitrogen and oxygen atoms in total. The smallest absolute Gasteiger partial charge is 0.124 e. The number of ether oxygens (including phenoxy) is 1. The fourth-order valence-electron chi connectivity index (χ4n) is 2.33. The van der Waals surface area contributed by atoms with Crippen molar-refractivity contribution in [1.29, 1.82) is 0 Å². The van der Waals surface area contributed by atoms with Crippen LogP contribution in [-0.2, 0) is 6.54 Å². The van der Waals surface area contributed by atoms with Crippen LogP contribution in [0.5, 0.6) is 5.75 Å². The van der Waals surface area contributed by atoms with Gasteiger partial charge in [-0.1, -0.05) is 26.0 Å². The van der Waals surface area contributed by atoms with Crippen molar-refractivity contribution < 1.29 is 9.13 Å². The fourth-order valence-corrected chi connectivity index (χ4v) is 2.33. The van der Waals surface area contributed by atoms with E-state index >= 15 is 0 Å². The van der Waals surface area contributed by atoms with Gasteiger partial charge in [-0.2, -0.15) is 0 Å². The van der Waals surface area contributed by atoms with Crippen LogP contribution in [0.1, 0.15) is 25.0 Å². The molecule has 1 N–H and O–H groups in total. The largest absolute Gasteiger partial charge is 0.497 e. The molecule has 0 aliphatic heterocycles. The number of methoxy groups -OCH3 is 1. The normalized spacial score (nSPS) is 11.0. The second kappa shape index (κ2) is 6.72. The highest BCUT2D eigenvalue weighted by Crippen LogP contribution is 2.29. The lowest BCUT2D eigenvalue weighted by Gasteiger charge is -2.15. The highest BCUT2D eigenvalue weighted by atomic mass is 19.1. The molecule has 0 amide bonds. The molecular weight excluding hydrogens is 265 g/mol. The van der Waals surface area contributed by atoms with E-state index in [2.05, 4.69) is 19.2 Å². The van der Waals surface area contributed by atoms with E-state index in [0.29, 0.717) is 6.04 Å². The van der Waals surface area contributed by atoms with Crippen molar-refractivity contribution in [2.24, 2.45) is 0 Å². The summed E-state index contributed by atoms with van der Waals surface area (Å²) < 4.78 is 19.0. The molecule has 0 aromatic heterocycles. The van der Waals surface area contributed by atoms with E-state index in [-0.39, 0.29) is 5.82 Å². The SMILES string of the molecule is COc1ccc(-c2cc(C)cc(F)c2)c(CNC(C)C)c1. The van der Waals surface area contributed by atoms with Gasteiger partial charge in [0.2, 0.25) is 0 Å². The number of aryl methyl sites for hydroxylation is 1. The fraction of sp³-hybridized carbons (Fsp3) is 0.333. The van der Waals surface area contributed by atoms with Crippen LogP contribution in [0.2, 0.25) is 0 Å². The molecule has 2 rings (SSSR count). The maximum atomic E-state index is 13.7. The first kappa shape index (κ1) is 15.5. The molecule has 21 heavy (non-hydrogen) atoms. The van der Waals surface area contributed by atoms with Crippen molar-refractivity contribution in [3.63, 3.8) is 0 Å². The third-order valence-electron chi connectivity index (χ3n) is 3.37. The Kier molecular flexibility index (Phi) is 4.97. The van der Waals surface area contributed by atoms with Gasteiger partial charge in [0.25, 0.3) is 0 Å². The minimum absolute atomic E-state index is 0.205. The third kappa shape index (κ3) is 4.05. The van der Waals surface area contributed by atoms with Crippen molar-refractivity contribution in [2.45, 2.75) is 33.4 Å². The number of benzene rings is 2. The first-order valence-electron chi connectivity index (χ1n) is 7.17. The number of halogens is 1. The Morgan fingerprint density at radius 3 is 2.52 bits per heavy atom. The maximum Gasteiger partial charge on any atom is 0.124 e. The van der Waals surface area contributed by atoms with Crippen molar-refractivity contribution in [2.75, 3.05) is 7.11 Å². The van der Waals surface area contributed by atoms with Crippen molar-refractivity contribution >= 4 is 0 Å². The summed E-state index contributed by atoms with van der Waals surface area (Å²) in [5, 5.41) is 3.40.